The second-order valence-electron chi connectivity index (χ2n) is 12.4. The van der Waals surface area contributed by atoms with Gasteiger partial charge in [-0.3, -0.25) is 14.6 Å². The minimum absolute atomic E-state index is 0.00868. The first kappa shape index (κ1) is 38.4. The van der Waals surface area contributed by atoms with Crippen LogP contribution in [0.15, 0.2) is 118 Å². The van der Waals surface area contributed by atoms with E-state index < -0.39 is 0 Å². The zero-order chi connectivity index (χ0) is 37.3. The van der Waals surface area contributed by atoms with Gasteiger partial charge in [-0.2, -0.15) is 9.98 Å². The van der Waals surface area contributed by atoms with E-state index in [1.165, 1.54) is 0 Å². The molecule has 5 rings (SSSR count). The molecular formula is C41H47N7O5. The Kier molecular flexibility index (Phi) is 14.7. The average Bonchev–Trinajstić information content (AvgIpc) is 3.34. The van der Waals surface area contributed by atoms with Crippen LogP contribution in [0.4, 0.5) is 11.4 Å². The Morgan fingerprint density at radius 1 is 0.774 bits per heavy atom. The van der Waals surface area contributed by atoms with Gasteiger partial charge in [-0.05, 0) is 79.6 Å². The zero-order valence-electron chi connectivity index (χ0n) is 30.2. The van der Waals surface area contributed by atoms with Gasteiger partial charge >= 0.3 is 0 Å². The Morgan fingerprint density at radius 3 is 2.19 bits per heavy atom. The summed E-state index contributed by atoms with van der Waals surface area (Å²) < 4.78 is 11.3. The van der Waals surface area contributed by atoms with E-state index in [1.54, 1.807) is 48.5 Å². The second kappa shape index (κ2) is 20.3. The lowest BCUT2D eigenvalue weighted by Gasteiger charge is -2.18. The highest BCUT2D eigenvalue weighted by atomic mass is 16.5. The summed E-state index contributed by atoms with van der Waals surface area (Å²) in [4.78, 5) is 39.4. The summed E-state index contributed by atoms with van der Waals surface area (Å²) in [6, 6.07) is 31.1. The van der Waals surface area contributed by atoms with E-state index in [9.17, 15) is 14.7 Å². The number of aryl methyl sites for hydroxylation is 1. The largest absolute Gasteiger partial charge is 0.508 e. The fourth-order valence-corrected chi connectivity index (χ4v) is 5.46. The highest BCUT2D eigenvalue weighted by Crippen LogP contribution is 2.21. The van der Waals surface area contributed by atoms with Gasteiger partial charge in [0.1, 0.15) is 17.4 Å². The summed E-state index contributed by atoms with van der Waals surface area (Å²) >= 11 is 0. The van der Waals surface area contributed by atoms with E-state index >= 15 is 0 Å². The molecule has 0 aliphatic carbocycles. The van der Waals surface area contributed by atoms with Crippen molar-refractivity contribution >= 4 is 40.8 Å². The number of anilines is 2. The first-order chi connectivity index (χ1) is 25.9. The van der Waals surface area contributed by atoms with E-state index in [0.29, 0.717) is 86.9 Å². The number of nitrogens with zero attached hydrogens (tertiary/aromatic N) is 3. The molecule has 2 amide bonds. The molecule has 12 heteroatoms. The van der Waals surface area contributed by atoms with Gasteiger partial charge in [0.25, 0.3) is 11.8 Å². The van der Waals surface area contributed by atoms with E-state index in [0.717, 1.165) is 23.2 Å². The molecule has 1 aliphatic heterocycles. The number of carbonyl (C=O) groups excluding carboxylic acids is 2. The number of ether oxygens (including phenoxy) is 2. The summed E-state index contributed by atoms with van der Waals surface area (Å²) in [6.45, 7) is 6.97. The number of amidine groups is 2. The molecule has 1 aliphatic rings. The van der Waals surface area contributed by atoms with Crippen molar-refractivity contribution in [3.8, 4) is 5.75 Å². The van der Waals surface area contributed by atoms with Crippen LogP contribution in [-0.4, -0.2) is 74.1 Å². The van der Waals surface area contributed by atoms with Gasteiger partial charge in [0.05, 0.1) is 33.0 Å². The summed E-state index contributed by atoms with van der Waals surface area (Å²) in [7, 11) is 0. The number of nitrogens with one attached hydrogen (secondary N) is 4. The number of carbonyl (C=O) groups is 2. The van der Waals surface area contributed by atoms with Gasteiger partial charge in [0.15, 0.2) is 0 Å². The molecule has 5 N–H and O–H groups in total. The predicted octanol–water partition coefficient (Wildman–Crippen LogP) is 6.20. The molecule has 0 spiro atoms. The van der Waals surface area contributed by atoms with E-state index in [1.807, 2.05) is 55.5 Å². The van der Waals surface area contributed by atoms with Crippen molar-refractivity contribution in [2.45, 2.75) is 33.2 Å². The third kappa shape index (κ3) is 12.7. The number of rotatable bonds is 16. The number of hydrogen-bond donors (Lipinski definition) is 5. The molecule has 4 aromatic carbocycles. The quantitative estimate of drug-likeness (QED) is 0.0682. The Balaban J connectivity index is 1.14. The highest BCUT2D eigenvalue weighted by Gasteiger charge is 2.22. The molecule has 0 saturated heterocycles. The van der Waals surface area contributed by atoms with Crippen molar-refractivity contribution in [3.05, 3.63) is 125 Å². The lowest BCUT2D eigenvalue weighted by Crippen LogP contribution is -2.27. The van der Waals surface area contributed by atoms with Crippen LogP contribution in [0.2, 0.25) is 0 Å². The third-order valence-electron chi connectivity index (χ3n) is 8.32. The minimum Gasteiger partial charge on any atom is -0.508 e. The molecule has 0 radical (unpaired) electrons. The highest BCUT2D eigenvalue weighted by molar-refractivity contribution is 6.14. The van der Waals surface area contributed by atoms with Crippen molar-refractivity contribution in [2.75, 3.05) is 50.2 Å². The van der Waals surface area contributed by atoms with Gasteiger partial charge in [-0.15, -0.1) is 0 Å². The average molecular weight is 718 g/mol. The van der Waals surface area contributed by atoms with Crippen LogP contribution in [-0.2, 0) is 16.0 Å². The van der Waals surface area contributed by atoms with Gasteiger partial charge in [-0.1, -0.05) is 55.0 Å². The molecule has 0 fully saturated rings. The normalized spacial score (nSPS) is 14.8. The molecule has 0 aromatic heterocycles. The van der Waals surface area contributed by atoms with Crippen LogP contribution in [0, 0.1) is 12.8 Å². The van der Waals surface area contributed by atoms with Crippen molar-refractivity contribution in [1.82, 2.24) is 10.6 Å². The fourth-order valence-electron chi connectivity index (χ4n) is 5.46. The zero-order valence-corrected chi connectivity index (χ0v) is 30.2. The number of aromatic hydroxyl groups is 1. The topological polar surface area (TPSA) is 158 Å². The molecule has 1 unspecified atom stereocenters. The first-order valence-electron chi connectivity index (χ1n) is 17.8. The number of guanidine groups is 1. The van der Waals surface area contributed by atoms with Gasteiger partial charge in [0, 0.05) is 47.9 Å². The standard InChI is InChI=1S/C41H47N7O5/c1-3-31-27-37(42-20-22-52-24-25-53-23-21-43-39(50)32-10-5-4-6-11-32)47-41(46-35-16-18-36(49)19-17-35)48-38(31)45-34-14-12-33(13-15-34)40(51)44-28-30-9-7-8-29(2)26-30/h4-19,26,31,49H,3,20-25,27-28H2,1-2H3,(H,43,50)(H,44,51)(H2,42,45,46,47,48). The van der Waals surface area contributed by atoms with Crippen LogP contribution in [0.25, 0.3) is 0 Å². The molecule has 4 aromatic rings. The maximum atomic E-state index is 12.8. The summed E-state index contributed by atoms with van der Waals surface area (Å²) in [6.07, 6.45) is 1.34. The molecule has 53 heavy (non-hydrogen) atoms. The smallest absolute Gasteiger partial charge is 0.251 e. The van der Waals surface area contributed by atoms with Crippen LogP contribution in [0.1, 0.15) is 51.6 Å². The number of aliphatic imine (C=N–C) groups is 3. The summed E-state index contributed by atoms with van der Waals surface area (Å²) in [5, 5.41) is 22.3. The van der Waals surface area contributed by atoms with Gasteiger partial charge in [0.2, 0.25) is 5.96 Å². The van der Waals surface area contributed by atoms with Gasteiger partial charge < -0.3 is 35.8 Å². The second-order valence-corrected chi connectivity index (χ2v) is 12.4. The van der Waals surface area contributed by atoms with E-state index in [4.69, 9.17) is 24.5 Å². The Labute approximate surface area is 310 Å². The molecule has 276 valence electrons. The number of benzene rings is 4. The van der Waals surface area contributed by atoms with Crippen molar-refractivity contribution < 1.29 is 24.2 Å². The van der Waals surface area contributed by atoms with E-state index in [2.05, 4.69) is 34.3 Å². The molecular weight excluding hydrogens is 670 g/mol. The Morgan fingerprint density at radius 2 is 1.45 bits per heavy atom. The Bertz CT molecular complexity index is 1880. The van der Waals surface area contributed by atoms with E-state index in [-0.39, 0.29) is 23.5 Å². The molecule has 12 nitrogen and oxygen atoms in total. The summed E-state index contributed by atoms with van der Waals surface area (Å²) in [5.41, 5.74) is 4.87. The first-order valence-corrected chi connectivity index (χ1v) is 17.8. The predicted molar refractivity (Wildman–Crippen MR) is 210 cm³/mol. The van der Waals surface area contributed by atoms with Gasteiger partial charge in [-0.25, -0.2) is 0 Å². The van der Waals surface area contributed by atoms with Crippen molar-refractivity contribution in [2.24, 2.45) is 20.9 Å². The maximum absolute atomic E-state index is 12.8. The number of phenols is 1. The number of amides is 2. The van der Waals surface area contributed by atoms with Crippen LogP contribution < -0.4 is 21.3 Å². The number of phenolic OH excluding ortho intramolecular Hbond substituents is 1. The maximum Gasteiger partial charge on any atom is 0.251 e. The lowest BCUT2D eigenvalue weighted by molar-refractivity contribution is 0.0512. The third-order valence-corrected chi connectivity index (χ3v) is 8.32. The SMILES string of the molecule is CCC1CC(=NCCOCCOCCNC(=O)c2ccccc2)N=C(Nc2ccc(O)cc2)N=C1Nc1ccc(C(=O)NCc2cccc(C)c2)cc1. The molecule has 1 heterocycles. The molecule has 1 atom stereocenters. The van der Waals surface area contributed by atoms with Crippen LogP contribution in [0.5, 0.6) is 5.75 Å². The van der Waals surface area contributed by atoms with Crippen LogP contribution >= 0.6 is 0 Å². The molecule has 0 bridgehead atoms. The summed E-state index contributed by atoms with van der Waals surface area (Å²) in [5.74, 6) is 1.58. The molecule has 0 saturated carbocycles. The fraction of sp³-hybridized carbons (Fsp3) is 0.293. The number of hydrogen-bond acceptors (Lipinski definition) is 9. The minimum atomic E-state index is -0.148. The monoisotopic (exact) mass is 717 g/mol. The van der Waals surface area contributed by atoms with Crippen LogP contribution in [0.3, 0.4) is 0 Å². The van der Waals surface area contributed by atoms with Crippen molar-refractivity contribution in [3.63, 3.8) is 0 Å². The lowest BCUT2D eigenvalue weighted by atomic mass is 10.00. The van der Waals surface area contributed by atoms with Crippen molar-refractivity contribution in [1.29, 1.82) is 0 Å². The Hall–Kier alpha value is -5.85.